The van der Waals surface area contributed by atoms with Crippen molar-refractivity contribution < 1.29 is 4.79 Å². The van der Waals surface area contributed by atoms with E-state index in [4.69, 9.17) is 0 Å². The lowest BCUT2D eigenvalue weighted by Crippen LogP contribution is -2.42. The maximum atomic E-state index is 12.5. The molecule has 29 heavy (non-hydrogen) atoms. The molecule has 0 aliphatic carbocycles. The van der Waals surface area contributed by atoms with Crippen LogP contribution in [0.2, 0.25) is 0 Å². The minimum Gasteiger partial charge on any atom is -0.356 e. The summed E-state index contributed by atoms with van der Waals surface area (Å²) in [6.45, 7) is 2.24. The quantitative estimate of drug-likeness (QED) is 0.638. The molecule has 150 valence electrons. The number of amides is 1. The van der Waals surface area contributed by atoms with Crippen LogP contribution in [-0.4, -0.2) is 54.8 Å². The fraction of sp³-hybridized carbons (Fsp3) is 0.368. The van der Waals surface area contributed by atoms with E-state index in [2.05, 4.69) is 30.3 Å². The van der Waals surface area contributed by atoms with Crippen LogP contribution in [-0.2, 0) is 11.3 Å². The van der Waals surface area contributed by atoms with Gasteiger partial charge in [0.15, 0.2) is 0 Å². The summed E-state index contributed by atoms with van der Waals surface area (Å²) < 4.78 is 3.17. The van der Waals surface area contributed by atoms with Crippen LogP contribution in [0.4, 0.5) is 5.82 Å². The Morgan fingerprint density at radius 3 is 2.76 bits per heavy atom. The zero-order chi connectivity index (χ0) is 20.1. The summed E-state index contributed by atoms with van der Waals surface area (Å²) in [6.07, 6.45) is 9.84. The molecule has 1 N–H and O–H groups in total. The van der Waals surface area contributed by atoms with Gasteiger partial charge in [-0.05, 0) is 18.9 Å². The van der Waals surface area contributed by atoms with Crippen molar-refractivity contribution in [3.8, 4) is 5.82 Å². The average molecular weight is 394 g/mol. The van der Waals surface area contributed by atoms with Crippen molar-refractivity contribution in [2.75, 3.05) is 24.5 Å². The van der Waals surface area contributed by atoms with Gasteiger partial charge in [-0.1, -0.05) is 0 Å². The molecule has 1 amide bonds. The van der Waals surface area contributed by atoms with Crippen LogP contribution in [0, 0.1) is 5.92 Å². The first-order valence-corrected chi connectivity index (χ1v) is 9.56. The second kappa shape index (κ2) is 8.63. The lowest BCUT2D eigenvalue weighted by Gasteiger charge is -2.32. The average Bonchev–Trinajstić information content (AvgIpc) is 3.30. The van der Waals surface area contributed by atoms with Crippen LogP contribution < -0.4 is 15.8 Å². The summed E-state index contributed by atoms with van der Waals surface area (Å²) >= 11 is 0. The van der Waals surface area contributed by atoms with Crippen molar-refractivity contribution in [3.63, 3.8) is 0 Å². The Morgan fingerprint density at radius 1 is 1.17 bits per heavy atom. The van der Waals surface area contributed by atoms with Crippen LogP contribution >= 0.6 is 0 Å². The molecule has 1 fully saturated rings. The van der Waals surface area contributed by atoms with E-state index in [1.807, 2.05) is 16.8 Å². The molecule has 1 aliphatic rings. The number of nitrogens with zero attached hydrogens (tertiary/aromatic N) is 7. The molecule has 0 spiro atoms. The molecule has 4 rings (SSSR count). The van der Waals surface area contributed by atoms with E-state index in [0.29, 0.717) is 13.1 Å². The highest BCUT2D eigenvalue weighted by molar-refractivity contribution is 5.78. The summed E-state index contributed by atoms with van der Waals surface area (Å²) in [4.78, 5) is 38.9. The number of anilines is 1. The van der Waals surface area contributed by atoms with Crippen molar-refractivity contribution in [3.05, 3.63) is 59.8 Å². The number of rotatable bonds is 6. The molecule has 0 aromatic carbocycles. The van der Waals surface area contributed by atoms with E-state index < -0.39 is 0 Å². The van der Waals surface area contributed by atoms with E-state index in [9.17, 15) is 9.59 Å². The van der Waals surface area contributed by atoms with Gasteiger partial charge in [0.25, 0.3) is 5.56 Å². The van der Waals surface area contributed by atoms with Gasteiger partial charge in [0.05, 0.1) is 6.54 Å². The molecule has 0 bridgehead atoms. The van der Waals surface area contributed by atoms with Gasteiger partial charge in [-0.3, -0.25) is 14.2 Å². The SMILES string of the molecule is O=C(NCCn1ncccc1=O)C1CCN(c2cc(-n3ccnc3)ncn2)CC1. The molecule has 0 saturated carbocycles. The predicted octanol–water partition coefficient (Wildman–Crippen LogP) is 0.252. The molecule has 10 nitrogen and oxygen atoms in total. The number of hydrogen-bond donors (Lipinski definition) is 1. The molecule has 4 heterocycles. The summed E-state index contributed by atoms with van der Waals surface area (Å²) in [5.74, 6) is 1.59. The first kappa shape index (κ1) is 18.8. The van der Waals surface area contributed by atoms with Gasteiger partial charge < -0.3 is 10.2 Å². The summed E-state index contributed by atoms with van der Waals surface area (Å²) in [6, 6.07) is 4.98. The van der Waals surface area contributed by atoms with Crippen LogP contribution in [0.15, 0.2) is 54.2 Å². The number of aromatic nitrogens is 6. The van der Waals surface area contributed by atoms with E-state index in [1.165, 1.54) is 10.7 Å². The number of carbonyl (C=O) groups excluding carboxylic acids is 1. The van der Waals surface area contributed by atoms with Gasteiger partial charge in [-0.15, -0.1) is 0 Å². The number of piperidine rings is 1. The van der Waals surface area contributed by atoms with E-state index >= 15 is 0 Å². The Hall–Kier alpha value is -3.56. The zero-order valence-corrected chi connectivity index (χ0v) is 15.9. The monoisotopic (exact) mass is 394 g/mol. The van der Waals surface area contributed by atoms with E-state index in [1.54, 1.807) is 31.1 Å². The van der Waals surface area contributed by atoms with Gasteiger partial charge in [0, 0.05) is 56.3 Å². The Labute approximate surface area is 167 Å². The third kappa shape index (κ3) is 4.48. The summed E-state index contributed by atoms with van der Waals surface area (Å²) in [5, 5.41) is 6.90. The van der Waals surface area contributed by atoms with Crippen LogP contribution in [0.1, 0.15) is 12.8 Å². The fourth-order valence-electron chi connectivity index (χ4n) is 3.40. The van der Waals surface area contributed by atoms with Crippen molar-refractivity contribution in [1.29, 1.82) is 0 Å². The van der Waals surface area contributed by atoms with Crippen LogP contribution in [0.5, 0.6) is 0 Å². The van der Waals surface area contributed by atoms with Crippen molar-refractivity contribution in [1.82, 2.24) is 34.6 Å². The number of nitrogens with one attached hydrogen (secondary N) is 1. The Morgan fingerprint density at radius 2 is 2.00 bits per heavy atom. The van der Waals surface area contributed by atoms with Gasteiger partial charge in [0.1, 0.15) is 24.3 Å². The lowest BCUT2D eigenvalue weighted by atomic mass is 9.96. The lowest BCUT2D eigenvalue weighted by molar-refractivity contribution is -0.125. The van der Waals surface area contributed by atoms with E-state index in [0.717, 1.165) is 37.6 Å². The second-order valence-electron chi connectivity index (χ2n) is 6.84. The van der Waals surface area contributed by atoms with Crippen molar-refractivity contribution in [2.45, 2.75) is 19.4 Å². The molecule has 10 heteroatoms. The standard InChI is InChI=1S/C19H22N8O2/c28-18-2-1-5-24-27(18)11-7-21-19(29)15-3-8-25(9-4-15)16-12-17(23-13-22-16)26-10-6-20-14-26/h1-2,5-6,10,12-15H,3-4,7-9,11H2,(H,21,29). The minimum absolute atomic E-state index is 0.0235. The van der Waals surface area contributed by atoms with Gasteiger partial charge in [-0.2, -0.15) is 5.10 Å². The molecule has 0 unspecified atom stereocenters. The Balaban J connectivity index is 1.28. The third-order valence-electron chi connectivity index (χ3n) is 5.01. The molecule has 1 aliphatic heterocycles. The Kier molecular flexibility index (Phi) is 5.59. The van der Waals surface area contributed by atoms with Crippen LogP contribution in [0.25, 0.3) is 5.82 Å². The number of hydrogen-bond acceptors (Lipinski definition) is 7. The zero-order valence-electron chi connectivity index (χ0n) is 15.9. The summed E-state index contributed by atoms with van der Waals surface area (Å²) in [5.41, 5.74) is -0.171. The normalized spacial score (nSPS) is 14.7. The molecule has 0 atom stereocenters. The minimum atomic E-state index is -0.171. The number of imidazole rings is 1. The maximum Gasteiger partial charge on any atom is 0.266 e. The first-order valence-electron chi connectivity index (χ1n) is 9.56. The highest BCUT2D eigenvalue weighted by atomic mass is 16.2. The molecule has 1 saturated heterocycles. The van der Waals surface area contributed by atoms with Gasteiger partial charge in [0.2, 0.25) is 5.91 Å². The van der Waals surface area contributed by atoms with Gasteiger partial charge >= 0.3 is 0 Å². The molecular formula is C19H22N8O2. The Bertz CT molecular complexity index is 1010. The smallest absolute Gasteiger partial charge is 0.266 e. The predicted molar refractivity (Wildman–Crippen MR) is 106 cm³/mol. The highest BCUT2D eigenvalue weighted by Crippen LogP contribution is 2.22. The van der Waals surface area contributed by atoms with Gasteiger partial charge in [-0.25, -0.2) is 19.6 Å². The highest BCUT2D eigenvalue weighted by Gasteiger charge is 2.25. The van der Waals surface area contributed by atoms with Crippen molar-refractivity contribution in [2.24, 2.45) is 5.92 Å². The van der Waals surface area contributed by atoms with Crippen LogP contribution in [0.3, 0.4) is 0 Å². The maximum absolute atomic E-state index is 12.5. The summed E-state index contributed by atoms with van der Waals surface area (Å²) in [7, 11) is 0. The molecule has 0 radical (unpaired) electrons. The number of carbonyl (C=O) groups is 1. The second-order valence-corrected chi connectivity index (χ2v) is 6.84. The molecule has 3 aromatic heterocycles. The molecular weight excluding hydrogens is 372 g/mol. The van der Waals surface area contributed by atoms with Crippen molar-refractivity contribution >= 4 is 11.7 Å². The van der Waals surface area contributed by atoms with E-state index in [-0.39, 0.29) is 17.4 Å². The molecule has 3 aromatic rings. The fourth-order valence-corrected chi connectivity index (χ4v) is 3.40. The largest absolute Gasteiger partial charge is 0.356 e. The topological polar surface area (TPSA) is 111 Å². The first-order chi connectivity index (χ1) is 14.2. The third-order valence-corrected chi connectivity index (χ3v) is 5.01.